The summed E-state index contributed by atoms with van der Waals surface area (Å²) in [7, 11) is 0. The van der Waals surface area contributed by atoms with Gasteiger partial charge in [-0.1, -0.05) is 20.3 Å². The van der Waals surface area contributed by atoms with Crippen molar-refractivity contribution >= 4 is 18.6 Å². The summed E-state index contributed by atoms with van der Waals surface area (Å²) in [6.07, 6.45) is 2.01. The number of rotatable bonds is 5. The van der Waals surface area contributed by atoms with E-state index >= 15 is 0 Å². The molecule has 0 bridgehead atoms. The summed E-state index contributed by atoms with van der Waals surface area (Å²) in [6.45, 7) is 4.44. The van der Waals surface area contributed by atoms with Crippen molar-refractivity contribution in [1.29, 1.82) is 0 Å². The Morgan fingerprint density at radius 1 is 1.64 bits per heavy atom. The van der Waals surface area contributed by atoms with E-state index in [0.717, 1.165) is 12.8 Å². The minimum absolute atomic E-state index is 0.0739. The summed E-state index contributed by atoms with van der Waals surface area (Å²) in [5.74, 6) is 0.356. The third kappa shape index (κ3) is 5.13. The topological polar surface area (TPSA) is 26.3 Å². The van der Waals surface area contributed by atoms with E-state index in [9.17, 15) is 4.79 Å². The number of ether oxygens (including phenoxy) is 1. The molecule has 2 nitrogen and oxygen atoms in total. The van der Waals surface area contributed by atoms with Crippen LogP contribution in [0.15, 0.2) is 0 Å². The van der Waals surface area contributed by atoms with Crippen LogP contribution >= 0.6 is 12.6 Å². The first-order valence-corrected chi connectivity index (χ1v) is 4.63. The zero-order valence-corrected chi connectivity index (χ0v) is 8.06. The molecular formula is C8H16O2S. The second-order valence-corrected chi connectivity index (χ2v) is 2.97. The van der Waals surface area contributed by atoms with Crippen molar-refractivity contribution in [2.24, 2.45) is 5.92 Å². The molecule has 0 spiro atoms. The molecule has 0 aromatic carbocycles. The van der Waals surface area contributed by atoms with E-state index in [2.05, 4.69) is 19.6 Å². The fraction of sp³-hybridized carbons (Fsp3) is 0.875. The number of carbonyl (C=O) groups excluding carboxylic acids is 1. The number of hydrogen-bond acceptors (Lipinski definition) is 3. The van der Waals surface area contributed by atoms with E-state index < -0.39 is 0 Å². The van der Waals surface area contributed by atoms with E-state index in [1.54, 1.807) is 0 Å². The monoisotopic (exact) mass is 176 g/mol. The second kappa shape index (κ2) is 6.53. The van der Waals surface area contributed by atoms with Gasteiger partial charge in [-0.05, 0) is 6.42 Å². The highest BCUT2D eigenvalue weighted by molar-refractivity contribution is 7.80. The van der Waals surface area contributed by atoms with Crippen LogP contribution in [0.3, 0.4) is 0 Å². The quantitative estimate of drug-likeness (QED) is 0.393. The van der Waals surface area contributed by atoms with Gasteiger partial charge in [0.05, 0.1) is 12.5 Å². The number of thiol groups is 1. The molecule has 0 radical (unpaired) electrons. The van der Waals surface area contributed by atoms with Gasteiger partial charge in [-0.25, -0.2) is 0 Å². The Labute approximate surface area is 73.7 Å². The fourth-order valence-corrected chi connectivity index (χ4v) is 0.683. The smallest absolute Gasteiger partial charge is 0.309 e. The molecule has 0 aliphatic heterocycles. The van der Waals surface area contributed by atoms with Crippen LogP contribution in [0, 0.1) is 5.92 Å². The van der Waals surface area contributed by atoms with Gasteiger partial charge in [0, 0.05) is 5.75 Å². The van der Waals surface area contributed by atoms with Gasteiger partial charge in [0.25, 0.3) is 0 Å². The third-order valence-electron chi connectivity index (χ3n) is 1.42. The second-order valence-electron chi connectivity index (χ2n) is 2.60. The maximum absolute atomic E-state index is 11.0. The lowest BCUT2D eigenvalue weighted by Crippen LogP contribution is -2.16. The number of hydrogen-bond donors (Lipinski definition) is 1. The molecule has 66 valence electrons. The average Bonchev–Trinajstić information content (AvgIpc) is 2.03. The van der Waals surface area contributed by atoms with Crippen LogP contribution in [0.25, 0.3) is 0 Å². The standard InChI is InChI=1S/C8H16O2S/c1-3-4-5-10-8(9)7(2)6-11/h7,11H,3-6H2,1-2H3/t7-/m1/s1. The average molecular weight is 176 g/mol. The first-order valence-electron chi connectivity index (χ1n) is 3.99. The first kappa shape index (κ1) is 10.8. The Hall–Kier alpha value is -0.180. The molecule has 0 N–H and O–H groups in total. The molecule has 0 heterocycles. The van der Waals surface area contributed by atoms with Gasteiger partial charge in [-0.2, -0.15) is 12.6 Å². The van der Waals surface area contributed by atoms with E-state index in [1.807, 2.05) is 6.92 Å². The van der Waals surface area contributed by atoms with Crippen molar-refractivity contribution in [2.45, 2.75) is 26.7 Å². The number of esters is 1. The predicted molar refractivity (Wildman–Crippen MR) is 48.9 cm³/mol. The van der Waals surface area contributed by atoms with E-state index in [-0.39, 0.29) is 11.9 Å². The lowest BCUT2D eigenvalue weighted by atomic mass is 10.2. The van der Waals surface area contributed by atoms with Crippen LogP contribution in [0.4, 0.5) is 0 Å². The Morgan fingerprint density at radius 3 is 2.73 bits per heavy atom. The Kier molecular flexibility index (Phi) is 6.42. The number of carbonyl (C=O) groups is 1. The lowest BCUT2D eigenvalue weighted by molar-refractivity contribution is -0.147. The van der Waals surface area contributed by atoms with E-state index in [4.69, 9.17) is 4.74 Å². The SMILES string of the molecule is CCCCOC(=O)[C@H](C)CS. The largest absolute Gasteiger partial charge is 0.465 e. The normalized spacial score (nSPS) is 12.6. The first-order chi connectivity index (χ1) is 5.22. The summed E-state index contributed by atoms with van der Waals surface area (Å²) in [6, 6.07) is 0. The van der Waals surface area contributed by atoms with Gasteiger partial charge in [0.15, 0.2) is 0 Å². The maximum atomic E-state index is 11.0. The van der Waals surface area contributed by atoms with Gasteiger partial charge >= 0.3 is 5.97 Å². The van der Waals surface area contributed by atoms with E-state index in [1.165, 1.54) is 0 Å². The molecule has 0 amide bonds. The highest BCUT2D eigenvalue weighted by Gasteiger charge is 2.10. The Morgan fingerprint density at radius 2 is 2.27 bits per heavy atom. The fourth-order valence-electron chi connectivity index (χ4n) is 0.534. The summed E-state index contributed by atoms with van der Waals surface area (Å²) >= 11 is 4.00. The molecule has 0 aliphatic carbocycles. The summed E-state index contributed by atoms with van der Waals surface area (Å²) in [5.41, 5.74) is 0. The molecule has 11 heavy (non-hydrogen) atoms. The molecule has 0 aromatic rings. The van der Waals surface area contributed by atoms with E-state index in [0.29, 0.717) is 12.4 Å². The van der Waals surface area contributed by atoms with Gasteiger partial charge in [0.1, 0.15) is 0 Å². The summed E-state index contributed by atoms with van der Waals surface area (Å²) in [5, 5.41) is 0. The molecule has 0 aromatic heterocycles. The van der Waals surface area contributed by atoms with Gasteiger partial charge < -0.3 is 4.74 Å². The van der Waals surface area contributed by atoms with Crippen LogP contribution < -0.4 is 0 Å². The summed E-state index contributed by atoms with van der Waals surface area (Å²) < 4.78 is 4.95. The van der Waals surface area contributed by atoms with Gasteiger partial charge in [-0.15, -0.1) is 0 Å². The van der Waals surface area contributed by atoms with Crippen LogP contribution in [0.5, 0.6) is 0 Å². The van der Waals surface area contributed by atoms with Crippen LogP contribution in [-0.2, 0) is 9.53 Å². The zero-order valence-electron chi connectivity index (χ0n) is 7.17. The number of unbranched alkanes of at least 4 members (excludes halogenated alkanes) is 1. The highest BCUT2D eigenvalue weighted by atomic mass is 32.1. The molecule has 3 heteroatoms. The molecule has 0 unspecified atom stereocenters. The van der Waals surface area contributed by atoms with Crippen molar-refractivity contribution < 1.29 is 9.53 Å². The molecule has 0 fully saturated rings. The Bertz CT molecular complexity index is 115. The van der Waals surface area contributed by atoms with Crippen LogP contribution in [0.1, 0.15) is 26.7 Å². The molecular weight excluding hydrogens is 160 g/mol. The van der Waals surface area contributed by atoms with Crippen molar-refractivity contribution in [3.63, 3.8) is 0 Å². The molecule has 1 atom stereocenters. The third-order valence-corrected chi connectivity index (χ3v) is 1.97. The molecule has 0 aliphatic rings. The van der Waals surface area contributed by atoms with Crippen LogP contribution in [0.2, 0.25) is 0 Å². The van der Waals surface area contributed by atoms with Crippen molar-refractivity contribution in [1.82, 2.24) is 0 Å². The van der Waals surface area contributed by atoms with Gasteiger partial charge in [-0.3, -0.25) is 4.79 Å². The molecule has 0 saturated carbocycles. The van der Waals surface area contributed by atoms with Crippen molar-refractivity contribution in [3.05, 3.63) is 0 Å². The van der Waals surface area contributed by atoms with Crippen molar-refractivity contribution in [2.75, 3.05) is 12.4 Å². The molecule has 0 rings (SSSR count). The van der Waals surface area contributed by atoms with Crippen molar-refractivity contribution in [3.8, 4) is 0 Å². The minimum atomic E-state index is -0.131. The minimum Gasteiger partial charge on any atom is -0.465 e. The summed E-state index contributed by atoms with van der Waals surface area (Å²) in [4.78, 5) is 11.0. The molecule has 0 saturated heterocycles. The maximum Gasteiger partial charge on any atom is 0.309 e. The highest BCUT2D eigenvalue weighted by Crippen LogP contribution is 2.01. The Balaban J connectivity index is 3.36. The van der Waals surface area contributed by atoms with Gasteiger partial charge in [0.2, 0.25) is 0 Å². The predicted octanol–water partition coefficient (Wildman–Crippen LogP) is 1.90. The van der Waals surface area contributed by atoms with Crippen LogP contribution in [-0.4, -0.2) is 18.3 Å². The lowest BCUT2D eigenvalue weighted by Gasteiger charge is -2.07. The zero-order chi connectivity index (χ0) is 8.69.